The van der Waals surface area contributed by atoms with Gasteiger partial charge in [0, 0.05) is 19.6 Å². The van der Waals surface area contributed by atoms with Gasteiger partial charge in [-0.25, -0.2) is 0 Å². The van der Waals surface area contributed by atoms with Gasteiger partial charge in [-0.2, -0.15) is 0 Å². The van der Waals surface area contributed by atoms with Crippen LogP contribution in [0.2, 0.25) is 0 Å². The van der Waals surface area contributed by atoms with Gasteiger partial charge in [0.25, 0.3) is 0 Å². The molecule has 22 heavy (non-hydrogen) atoms. The van der Waals surface area contributed by atoms with Crippen molar-refractivity contribution in [1.29, 1.82) is 0 Å². The van der Waals surface area contributed by atoms with Crippen molar-refractivity contribution in [3.63, 3.8) is 0 Å². The molecule has 2 aromatic carbocycles. The van der Waals surface area contributed by atoms with Crippen LogP contribution in [0.4, 0.5) is 0 Å². The first-order chi connectivity index (χ1) is 10.8. The lowest BCUT2D eigenvalue weighted by Crippen LogP contribution is -2.35. The van der Waals surface area contributed by atoms with Gasteiger partial charge in [-0.05, 0) is 33.1 Å². The third-order valence-electron chi connectivity index (χ3n) is 3.78. The van der Waals surface area contributed by atoms with E-state index >= 15 is 0 Å². The minimum atomic E-state index is 0.584. The summed E-state index contributed by atoms with van der Waals surface area (Å²) in [6.45, 7) is 5.12. The average molecular weight is 362 g/mol. The van der Waals surface area contributed by atoms with Crippen LogP contribution in [0, 0.1) is 0 Å². The Hall–Kier alpha value is -1.36. The summed E-state index contributed by atoms with van der Waals surface area (Å²) in [5.41, 5.74) is 2.43. The van der Waals surface area contributed by atoms with Crippen molar-refractivity contribution in [2.24, 2.45) is 0 Å². The Morgan fingerprint density at radius 1 is 1.00 bits per heavy atom. The highest BCUT2D eigenvalue weighted by atomic mass is 79.9. The Morgan fingerprint density at radius 2 is 1.77 bits per heavy atom. The molecular weight excluding hydrogens is 342 g/mol. The van der Waals surface area contributed by atoms with Crippen LogP contribution in [0.5, 0.6) is 5.75 Å². The molecule has 0 N–H and O–H groups in total. The highest BCUT2D eigenvalue weighted by Crippen LogP contribution is 2.30. The summed E-state index contributed by atoms with van der Waals surface area (Å²) >= 11 is 3.70. The number of morpholine rings is 1. The molecule has 2 aromatic rings. The van der Waals surface area contributed by atoms with E-state index in [1.807, 2.05) is 24.3 Å². The van der Waals surface area contributed by atoms with Crippen LogP contribution >= 0.6 is 15.9 Å². The zero-order valence-corrected chi connectivity index (χ0v) is 14.1. The summed E-state index contributed by atoms with van der Waals surface area (Å²) in [6.07, 6.45) is 0. The van der Waals surface area contributed by atoms with Gasteiger partial charge in [-0.3, -0.25) is 4.90 Å². The predicted octanol–water partition coefficient (Wildman–Crippen LogP) is 3.86. The summed E-state index contributed by atoms with van der Waals surface area (Å²) in [6, 6.07) is 16.4. The molecule has 0 bridgehead atoms. The van der Waals surface area contributed by atoms with Crippen molar-refractivity contribution < 1.29 is 9.47 Å². The van der Waals surface area contributed by atoms with Crippen molar-refractivity contribution in [2.45, 2.75) is 13.2 Å². The molecule has 1 aliphatic heterocycles. The number of nitrogens with zero attached hydrogens (tertiary/aromatic N) is 1. The summed E-state index contributed by atoms with van der Waals surface area (Å²) in [5, 5.41) is 0. The van der Waals surface area contributed by atoms with E-state index in [2.05, 4.69) is 45.1 Å². The van der Waals surface area contributed by atoms with Gasteiger partial charge in [-0.1, -0.05) is 42.5 Å². The van der Waals surface area contributed by atoms with Gasteiger partial charge >= 0.3 is 0 Å². The maximum absolute atomic E-state index is 5.96. The molecule has 0 saturated carbocycles. The van der Waals surface area contributed by atoms with Crippen molar-refractivity contribution >= 4 is 15.9 Å². The van der Waals surface area contributed by atoms with Gasteiger partial charge in [0.2, 0.25) is 0 Å². The van der Waals surface area contributed by atoms with Crippen molar-refractivity contribution in [3.05, 3.63) is 64.1 Å². The second-order valence-corrected chi connectivity index (χ2v) is 6.19. The lowest BCUT2D eigenvalue weighted by Gasteiger charge is -2.27. The fourth-order valence-electron chi connectivity index (χ4n) is 2.53. The maximum atomic E-state index is 5.96. The van der Waals surface area contributed by atoms with Crippen LogP contribution in [0.15, 0.2) is 53.0 Å². The Bertz CT molecular complexity index is 597. The molecule has 0 amide bonds. The average Bonchev–Trinajstić information content (AvgIpc) is 2.58. The zero-order chi connectivity index (χ0) is 15.2. The molecule has 3 nitrogen and oxygen atoms in total. The fourth-order valence-corrected chi connectivity index (χ4v) is 3.03. The van der Waals surface area contributed by atoms with E-state index in [-0.39, 0.29) is 0 Å². The third kappa shape index (κ3) is 4.09. The molecule has 0 aliphatic carbocycles. The zero-order valence-electron chi connectivity index (χ0n) is 12.5. The van der Waals surface area contributed by atoms with Crippen molar-refractivity contribution in [2.75, 3.05) is 26.3 Å². The van der Waals surface area contributed by atoms with E-state index in [1.165, 1.54) is 11.1 Å². The Labute approximate surface area is 140 Å². The first kappa shape index (κ1) is 15.5. The van der Waals surface area contributed by atoms with E-state index in [0.717, 1.165) is 43.1 Å². The molecule has 116 valence electrons. The van der Waals surface area contributed by atoms with Crippen molar-refractivity contribution in [3.8, 4) is 5.75 Å². The molecular formula is C18H20BrNO2. The largest absolute Gasteiger partial charge is 0.488 e. The van der Waals surface area contributed by atoms with Gasteiger partial charge in [0.15, 0.2) is 0 Å². The van der Waals surface area contributed by atoms with E-state index in [0.29, 0.717) is 6.61 Å². The number of rotatable bonds is 5. The van der Waals surface area contributed by atoms with Gasteiger partial charge in [0.1, 0.15) is 12.4 Å². The first-order valence-electron chi connectivity index (χ1n) is 7.57. The number of halogens is 1. The molecule has 0 atom stereocenters. The summed E-state index contributed by atoms with van der Waals surface area (Å²) in [5.74, 6) is 0.898. The molecule has 1 heterocycles. The smallest absolute Gasteiger partial charge is 0.134 e. The van der Waals surface area contributed by atoms with E-state index < -0.39 is 0 Å². The van der Waals surface area contributed by atoms with Gasteiger partial charge in [-0.15, -0.1) is 0 Å². The van der Waals surface area contributed by atoms with Gasteiger partial charge < -0.3 is 9.47 Å². The van der Waals surface area contributed by atoms with Crippen LogP contribution in [-0.2, 0) is 17.9 Å². The monoisotopic (exact) mass is 361 g/mol. The quantitative estimate of drug-likeness (QED) is 0.806. The third-order valence-corrected chi connectivity index (χ3v) is 4.68. The molecule has 0 unspecified atom stereocenters. The second-order valence-electron chi connectivity index (χ2n) is 5.39. The predicted molar refractivity (Wildman–Crippen MR) is 91.0 cm³/mol. The molecule has 3 rings (SSSR count). The van der Waals surface area contributed by atoms with E-state index in [9.17, 15) is 0 Å². The van der Waals surface area contributed by atoms with Crippen LogP contribution in [0.1, 0.15) is 11.1 Å². The number of hydrogen-bond acceptors (Lipinski definition) is 3. The number of ether oxygens (including phenoxy) is 2. The van der Waals surface area contributed by atoms with Gasteiger partial charge in [0.05, 0.1) is 17.7 Å². The molecule has 0 aromatic heterocycles. The summed E-state index contributed by atoms with van der Waals surface area (Å²) in [4.78, 5) is 2.41. The number of hydrogen-bond donors (Lipinski definition) is 0. The molecule has 4 heteroatoms. The molecule has 1 saturated heterocycles. The standard InChI is InChI=1S/C18H20BrNO2/c19-18-16(13-20-9-11-21-12-10-20)7-4-8-17(18)22-14-15-5-2-1-3-6-15/h1-8H,9-14H2. The van der Waals surface area contributed by atoms with Crippen LogP contribution < -0.4 is 4.74 Å². The molecule has 0 radical (unpaired) electrons. The normalized spacial score (nSPS) is 15.7. The Morgan fingerprint density at radius 3 is 2.55 bits per heavy atom. The maximum Gasteiger partial charge on any atom is 0.134 e. The topological polar surface area (TPSA) is 21.7 Å². The second kappa shape index (κ2) is 7.77. The summed E-state index contributed by atoms with van der Waals surface area (Å²) in [7, 11) is 0. The van der Waals surface area contributed by atoms with Crippen LogP contribution in [-0.4, -0.2) is 31.2 Å². The Kier molecular flexibility index (Phi) is 5.48. The molecule has 0 spiro atoms. The minimum Gasteiger partial charge on any atom is -0.488 e. The van der Waals surface area contributed by atoms with E-state index in [1.54, 1.807) is 0 Å². The van der Waals surface area contributed by atoms with E-state index in [4.69, 9.17) is 9.47 Å². The molecule has 1 fully saturated rings. The number of benzene rings is 2. The fraction of sp³-hybridized carbons (Fsp3) is 0.333. The highest BCUT2D eigenvalue weighted by molar-refractivity contribution is 9.10. The lowest BCUT2D eigenvalue weighted by molar-refractivity contribution is 0.0340. The highest BCUT2D eigenvalue weighted by Gasteiger charge is 2.14. The SMILES string of the molecule is Brc1c(CN2CCOCC2)cccc1OCc1ccccc1. The van der Waals surface area contributed by atoms with Crippen LogP contribution in [0.25, 0.3) is 0 Å². The minimum absolute atomic E-state index is 0.584. The summed E-state index contributed by atoms with van der Waals surface area (Å²) < 4.78 is 12.4. The van der Waals surface area contributed by atoms with Crippen molar-refractivity contribution in [1.82, 2.24) is 4.90 Å². The lowest BCUT2D eigenvalue weighted by atomic mass is 10.2. The Balaban J connectivity index is 1.66. The first-order valence-corrected chi connectivity index (χ1v) is 8.36. The molecule has 1 aliphatic rings. The van der Waals surface area contributed by atoms with Crippen LogP contribution in [0.3, 0.4) is 0 Å².